The molecule has 0 atom stereocenters. The Morgan fingerprint density at radius 2 is 0.432 bits per heavy atom. The summed E-state index contributed by atoms with van der Waals surface area (Å²) in [5, 5.41) is 12.7. The summed E-state index contributed by atoms with van der Waals surface area (Å²) in [7, 11) is 0. The second-order valence-electron chi connectivity index (χ2n) is 30.6. The van der Waals surface area contributed by atoms with Crippen LogP contribution in [0.2, 0.25) is 0 Å². The Hall–Kier alpha value is -14.9. The normalized spacial score (nSPS) is 11.4. The molecule has 18 aromatic carbocycles. The van der Waals surface area contributed by atoms with Crippen molar-refractivity contribution in [2.75, 3.05) is 0 Å². The van der Waals surface area contributed by atoms with E-state index in [2.05, 4.69) is 309 Å². The summed E-state index contributed by atoms with van der Waals surface area (Å²) in [5.41, 5.74) is 19.0. The first kappa shape index (κ1) is 76.2. The quantitative estimate of drug-likeness (QED) is 0.104. The van der Waals surface area contributed by atoms with Crippen LogP contribution in [-0.4, -0.2) is 88.4 Å². The molecule has 0 radical (unpaired) electrons. The van der Waals surface area contributed by atoms with Crippen LogP contribution in [0.3, 0.4) is 0 Å². The van der Waals surface area contributed by atoms with Crippen molar-refractivity contribution in [3.05, 3.63) is 431 Å². The van der Waals surface area contributed by atoms with Gasteiger partial charge in [0.15, 0.2) is 0 Å². The molecule has 9 nitrogen and oxygen atoms in total. The summed E-state index contributed by atoms with van der Waals surface area (Å²) >= 11 is 0.423. The van der Waals surface area contributed by atoms with Crippen molar-refractivity contribution in [2.45, 2.75) is 0 Å². The molecule has 6 heterocycles. The molecule has 0 bridgehead atoms. The van der Waals surface area contributed by atoms with Crippen LogP contribution < -0.4 is 0 Å². The van der Waals surface area contributed by atoms with Crippen LogP contribution in [0.4, 0.5) is 0 Å². The number of hydrogen-bond acceptors (Lipinski definition) is 9. The van der Waals surface area contributed by atoms with E-state index in [1.54, 1.807) is 0 Å². The molecule has 12 heteroatoms. The molecular formula is C113H71N9Se3. The minimum atomic E-state index is 0.0445. The number of aromatic nitrogens is 9. The number of fused-ring (bicyclic) bond motifs is 11. The standard InChI is InChI=1S/2C43H27N3Se.C27H17N3Se/c1-4-14-28(15-5-1)38-27-32(26-31-20-10-11-21-33(31)38)34-22-12-23-35-36-24-13-25-37(40(36)47-39(34)35)43-45-41(29-16-6-2-7-17-29)44-42(46-43)30-18-8-3-9-19-30;1-3-11-28(12-4-1)30-21-24-32(25-22-30)42-44-41(31-14-5-2-6-15-31)45-43(46-42)37-19-10-20-38-39(37)36-18-9-17-35(40(36)47-38)34-26-23-29-13-7-8-16-33(29)27-34;1-3-10-18(11-4-1)25-28-26(19-12-5-2-6-13-19)30-27(29-25)22-16-9-15-21-20-14-7-8-17-23(20)31-24(21)22/h2*1-27H;1-17H. The monoisotopic (exact) mass is 1790 g/mol. The summed E-state index contributed by atoms with van der Waals surface area (Å²) < 4.78 is 8.24. The van der Waals surface area contributed by atoms with Crippen LogP contribution in [0.5, 0.6) is 0 Å². The zero-order valence-electron chi connectivity index (χ0n) is 67.2. The Morgan fingerprint density at radius 1 is 0.136 bits per heavy atom. The number of hydrogen-bond donors (Lipinski definition) is 0. The molecule has 6 aromatic heterocycles. The van der Waals surface area contributed by atoms with Gasteiger partial charge in [-0.2, -0.15) is 0 Å². The van der Waals surface area contributed by atoms with Gasteiger partial charge in [-0.05, 0) is 0 Å². The average Bonchev–Trinajstić information content (AvgIpc) is 1.62. The molecular weight excluding hydrogens is 1720 g/mol. The third-order valence-electron chi connectivity index (χ3n) is 22.8. The number of nitrogens with zero attached hydrogens (tertiary/aromatic N) is 9. The Morgan fingerprint density at radius 3 is 0.944 bits per heavy atom. The van der Waals surface area contributed by atoms with Gasteiger partial charge in [-0.3, -0.25) is 0 Å². The summed E-state index contributed by atoms with van der Waals surface area (Å²) in [6.07, 6.45) is 0. The van der Waals surface area contributed by atoms with Gasteiger partial charge in [-0.1, -0.05) is 18.2 Å². The van der Waals surface area contributed by atoms with Crippen molar-refractivity contribution in [1.82, 2.24) is 44.9 Å². The Kier molecular flexibility index (Phi) is 20.6. The van der Waals surface area contributed by atoms with Gasteiger partial charge < -0.3 is 0 Å². The topological polar surface area (TPSA) is 116 Å². The average molecular weight is 1790 g/mol. The predicted molar refractivity (Wildman–Crippen MR) is 521 cm³/mol. The van der Waals surface area contributed by atoms with Crippen LogP contribution in [-0.2, 0) is 0 Å². The van der Waals surface area contributed by atoms with E-state index in [-0.39, 0.29) is 43.5 Å². The summed E-state index contributed by atoms with van der Waals surface area (Å²) in [4.78, 5) is 45.0. The van der Waals surface area contributed by atoms with Crippen molar-refractivity contribution in [3.63, 3.8) is 0 Å². The van der Waals surface area contributed by atoms with Crippen LogP contribution in [0, 0.1) is 0 Å². The van der Waals surface area contributed by atoms with E-state index >= 15 is 0 Å². The fraction of sp³-hybridized carbons (Fsp3) is 0. The van der Waals surface area contributed by atoms with Crippen LogP contribution >= 0.6 is 0 Å². The molecule has 0 N–H and O–H groups in total. The molecule has 0 aliphatic rings. The van der Waals surface area contributed by atoms with Gasteiger partial charge in [0, 0.05) is 0 Å². The minimum absolute atomic E-state index is 0.0445. The van der Waals surface area contributed by atoms with Crippen molar-refractivity contribution in [1.29, 1.82) is 0 Å². The molecule has 24 aromatic rings. The molecule has 0 amide bonds. The Balaban J connectivity index is 0.000000114. The third-order valence-corrected chi connectivity index (χ3v) is 30.6. The fourth-order valence-electron chi connectivity index (χ4n) is 16.7. The fourth-order valence-corrected chi connectivity index (χ4v) is 24.7. The van der Waals surface area contributed by atoms with Crippen molar-refractivity contribution in [2.24, 2.45) is 0 Å². The summed E-state index contributed by atoms with van der Waals surface area (Å²) in [6.45, 7) is 0. The molecule has 586 valence electrons. The van der Waals surface area contributed by atoms with Gasteiger partial charge in [0.1, 0.15) is 0 Å². The maximum atomic E-state index is 5.15. The summed E-state index contributed by atoms with van der Waals surface area (Å²) in [6, 6.07) is 151. The summed E-state index contributed by atoms with van der Waals surface area (Å²) in [5.74, 6) is 6.24. The maximum absolute atomic E-state index is 5.15. The van der Waals surface area contributed by atoms with Gasteiger partial charge >= 0.3 is 727 Å². The van der Waals surface area contributed by atoms with E-state index in [0.717, 1.165) is 61.5 Å². The van der Waals surface area contributed by atoms with Crippen LogP contribution in [0.25, 0.3) is 226 Å². The number of benzene rings is 18. The van der Waals surface area contributed by atoms with Gasteiger partial charge in [-0.25, -0.2) is 0 Å². The molecule has 0 aliphatic heterocycles. The Bertz CT molecular complexity index is 8020. The van der Waals surface area contributed by atoms with E-state index in [0.29, 0.717) is 46.6 Å². The molecule has 0 spiro atoms. The predicted octanol–water partition coefficient (Wildman–Crippen LogP) is 27.7. The molecule has 0 unspecified atom stereocenters. The van der Waals surface area contributed by atoms with Crippen molar-refractivity contribution >= 4 is 123 Å². The molecule has 0 fully saturated rings. The first-order chi connectivity index (χ1) is 61.9. The zero-order valence-corrected chi connectivity index (χ0v) is 72.4. The van der Waals surface area contributed by atoms with Gasteiger partial charge in [-0.15, -0.1) is 0 Å². The number of rotatable bonds is 13. The molecule has 0 saturated carbocycles. The molecule has 125 heavy (non-hydrogen) atoms. The van der Waals surface area contributed by atoms with Gasteiger partial charge in [0.05, 0.1) is 0 Å². The third kappa shape index (κ3) is 15.2. The van der Waals surface area contributed by atoms with E-state index in [1.807, 2.05) is 121 Å². The van der Waals surface area contributed by atoms with Crippen molar-refractivity contribution in [3.8, 4) is 147 Å². The zero-order chi connectivity index (χ0) is 82.9. The van der Waals surface area contributed by atoms with Crippen molar-refractivity contribution < 1.29 is 0 Å². The second kappa shape index (κ2) is 33.8. The van der Waals surface area contributed by atoms with Gasteiger partial charge in [0.25, 0.3) is 0 Å². The van der Waals surface area contributed by atoms with E-state index in [4.69, 9.17) is 44.9 Å². The first-order valence-electron chi connectivity index (χ1n) is 41.5. The molecule has 0 aliphatic carbocycles. The van der Waals surface area contributed by atoms with Crippen LogP contribution in [0.1, 0.15) is 0 Å². The van der Waals surface area contributed by atoms with Crippen LogP contribution in [0.15, 0.2) is 431 Å². The first-order valence-corrected chi connectivity index (χ1v) is 46.7. The van der Waals surface area contributed by atoms with Gasteiger partial charge in [0.2, 0.25) is 0 Å². The SMILES string of the molecule is c1ccc(-c2ccc(-c3nc(-c4ccccc4)nc(-c4cccc5[se]c6c(-c7ccc8ccccc8c7)cccc6c45)n3)cc2)cc1.c1ccc(-c2nc(-c3ccccc3)nc(-c3cccc4c3[se]c3c(-c5cc(-c6ccccc6)c6ccccc6c5)cccc34)n2)cc1.c1ccc(-c2nc(-c3ccccc3)nc(-c3cccc4c3[se]c3ccccc34)n2)cc1. The Labute approximate surface area is 739 Å². The van der Waals surface area contributed by atoms with E-state index in [1.165, 1.54) is 118 Å². The molecule has 0 saturated heterocycles. The molecule has 24 rings (SSSR count). The van der Waals surface area contributed by atoms with E-state index in [9.17, 15) is 0 Å². The van der Waals surface area contributed by atoms with E-state index < -0.39 is 0 Å². The second-order valence-corrected chi connectivity index (χ2v) is 37.1.